The summed E-state index contributed by atoms with van der Waals surface area (Å²) in [5, 5.41) is 14.8. The molecule has 3 rings (SSSR count). The molecule has 0 aliphatic heterocycles. The molecular weight excluding hydrogens is 328 g/mol. The predicted molar refractivity (Wildman–Crippen MR) is 89.4 cm³/mol. The average Bonchev–Trinajstić information content (AvgIpc) is 3.29. The minimum absolute atomic E-state index is 0.135. The molecule has 0 saturated carbocycles. The van der Waals surface area contributed by atoms with E-state index in [2.05, 4.69) is 10.3 Å². The Morgan fingerprint density at radius 1 is 1.38 bits per heavy atom. The Balaban J connectivity index is 1.50. The molecule has 7 heteroatoms. The molecule has 3 heterocycles. The van der Waals surface area contributed by atoms with Gasteiger partial charge in [0, 0.05) is 12.5 Å². The summed E-state index contributed by atoms with van der Waals surface area (Å²) in [5.74, 6) is 0.849. The van der Waals surface area contributed by atoms with Crippen molar-refractivity contribution in [1.29, 1.82) is 0 Å². The van der Waals surface area contributed by atoms with Crippen LogP contribution < -0.4 is 5.32 Å². The SMILES string of the molecule is CC(CC(O)c1ccco1)NC(=O)Cc1coc(-c2cccs2)n1. The van der Waals surface area contributed by atoms with E-state index in [9.17, 15) is 9.90 Å². The Morgan fingerprint density at radius 2 is 2.25 bits per heavy atom. The van der Waals surface area contributed by atoms with E-state index in [1.807, 2.05) is 24.4 Å². The Morgan fingerprint density at radius 3 is 2.96 bits per heavy atom. The van der Waals surface area contributed by atoms with Crippen molar-refractivity contribution in [2.75, 3.05) is 0 Å². The molecule has 2 atom stereocenters. The molecule has 0 radical (unpaired) electrons. The van der Waals surface area contributed by atoms with Crippen LogP contribution in [-0.4, -0.2) is 22.0 Å². The van der Waals surface area contributed by atoms with Gasteiger partial charge in [0.2, 0.25) is 11.8 Å². The zero-order valence-electron chi connectivity index (χ0n) is 13.1. The van der Waals surface area contributed by atoms with Gasteiger partial charge in [0.15, 0.2) is 0 Å². The summed E-state index contributed by atoms with van der Waals surface area (Å²) in [5.41, 5.74) is 0.578. The molecule has 0 aromatic carbocycles. The number of hydrogen-bond acceptors (Lipinski definition) is 6. The van der Waals surface area contributed by atoms with Crippen LogP contribution in [0.5, 0.6) is 0 Å². The van der Waals surface area contributed by atoms with Crippen LogP contribution in [0.4, 0.5) is 0 Å². The number of hydrogen-bond donors (Lipinski definition) is 2. The number of thiophene rings is 1. The summed E-state index contributed by atoms with van der Waals surface area (Å²) in [6, 6.07) is 7.07. The number of aliphatic hydroxyl groups is 1. The quantitative estimate of drug-likeness (QED) is 0.686. The van der Waals surface area contributed by atoms with Crippen LogP contribution in [0.3, 0.4) is 0 Å². The van der Waals surface area contributed by atoms with E-state index < -0.39 is 6.10 Å². The molecule has 1 amide bonds. The molecule has 6 nitrogen and oxygen atoms in total. The first-order valence-corrected chi connectivity index (χ1v) is 8.49. The topological polar surface area (TPSA) is 88.5 Å². The van der Waals surface area contributed by atoms with Crippen LogP contribution in [0.2, 0.25) is 0 Å². The summed E-state index contributed by atoms with van der Waals surface area (Å²) in [4.78, 5) is 17.3. The summed E-state index contributed by atoms with van der Waals surface area (Å²) in [6.07, 6.45) is 2.77. The van der Waals surface area contributed by atoms with Gasteiger partial charge in [0.05, 0.1) is 23.3 Å². The van der Waals surface area contributed by atoms with Gasteiger partial charge < -0.3 is 19.3 Å². The van der Waals surface area contributed by atoms with Crippen LogP contribution in [0.15, 0.2) is 51.0 Å². The second kappa shape index (κ2) is 7.46. The zero-order chi connectivity index (χ0) is 16.9. The number of carbonyl (C=O) groups excluding carboxylic acids is 1. The molecule has 3 aromatic rings. The lowest BCUT2D eigenvalue weighted by Crippen LogP contribution is -2.34. The number of aliphatic hydroxyl groups excluding tert-OH is 1. The number of furan rings is 1. The van der Waals surface area contributed by atoms with Crippen molar-refractivity contribution in [3.63, 3.8) is 0 Å². The molecule has 0 aliphatic carbocycles. The average molecular weight is 346 g/mol. The number of oxazole rings is 1. The van der Waals surface area contributed by atoms with Crippen molar-refractivity contribution >= 4 is 17.2 Å². The second-order valence-corrected chi connectivity index (χ2v) is 6.48. The molecule has 2 unspecified atom stereocenters. The van der Waals surface area contributed by atoms with Crippen LogP contribution in [0.25, 0.3) is 10.8 Å². The number of nitrogens with zero attached hydrogens (tertiary/aromatic N) is 1. The molecular formula is C17H18N2O4S. The first kappa shape index (κ1) is 16.5. The first-order valence-electron chi connectivity index (χ1n) is 7.61. The fourth-order valence-electron chi connectivity index (χ4n) is 2.38. The normalized spacial score (nSPS) is 13.6. The highest BCUT2D eigenvalue weighted by Crippen LogP contribution is 2.23. The van der Waals surface area contributed by atoms with Crippen molar-refractivity contribution in [3.05, 3.63) is 53.6 Å². The van der Waals surface area contributed by atoms with E-state index in [1.165, 1.54) is 23.9 Å². The lowest BCUT2D eigenvalue weighted by molar-refractivity contribution is -0.121. The third-order valence-electron chi connectivity index (χ3n) is 3.48. The van der Waals surface area contributed by atoms with Crippen molar-refractivity contribution in [2.24, 2.45) is 0 Å². The molecule has 24 heavy (non-hydrogen) atoms. The van der Waals surface area contributed by atoms with Gasteiger partial charge in [-0.2, -0.15) is 0 Å². The Bertz CT molecular complexity index is 764. The second-order valence-electron chi connectivity index (χ2n) is 5.53. The Hall–Kier alpha value is -2.38. The molecule has 3 aromatic heterocycles. The maximum absolute atomic E-state index is 12.1. The Labute approximate surface area is 143 Å². The summed E-state index contributed by atoms with van der Waals surface area (Å²) >= 11 is 1.53. The number of nitrogens with one attached hydrogen (secondary N) is 1. The maximum Gasteiger partial charge on any atom is 0.236 e. The smallest absolute Gasteiger partial charge is 0.236 e. The summed E-state index contributed by atoms with van der Waals surface area (Å²) in [6.45, 7) is 1.84. The Kier molecular flexibility index (Phi) is 5.12. The fourth-order valence-corrected chi connectivity index (χ4v) is 3.04. The minimum Gasteiger partial charge on any atom is -0.467 e. The van der Waals surface area contributed by atoms with Crippen molar-refractivity contribution in [2.45, 2.75) is 31.9 Å². The van der Waals surface area contributed by atoms with Gasteiger partial charge in [-0.05, 0) is 30.5 Å². The van der Waals surface area contributed by atoms with Crippen LogP contribution in [0.1, 0.15) is 30.9 Å². The van der Waals surface area contributed by atoms with Crippen LogP contribution in [0, 0.1) is 0 Å². The van der Waals surface area contributed by atoms with Crippen molar-refractivity contribution < 1.29 is 18.7 Å². The molecule has 0 saturated heterocycles. The lowest BCUT2D eigenvalue weighted by atomic mass is 10.1. The molecule has 2 N–H and O–H groups in total. The number of rotatable bonds is 7. The fraction of sp³-hybridized carbons (Fsp3) is 0.294. The van der Waals surface area contributed by atoms with Gasteiger partial charge in [0.1, 0.15) is 18.1 Å². The largest absolute Gasteiger partial charge is 0.467 e. The number of carbonyl (C=O) groups is 1. The monoisotopic (exact) mass is 346 g/mol. The summed E-state index contributed by atoms with van der Waals surface area (Å²) < 4.78 is 10.5. The standard InChI is InChI=1S/C17H18N2O4S/c1-11(8-13(20)14-4-2-6-22-14)18-16(21)9-12-10-23-17(19-12)15-5-3-7-24-15/h2-7,10-11,13,20H,8-9H2,1H3,(H,18,21). The van der Waals surface area contributed by atoms with Gasteiger partial charge in [-0.1, -0.05) is 6.07 Å². The summed E-state index contributed by atoms with van der Waals surface area (Å²) in [7, 11) is 0. The highest BCUT2D eigenvalue weighted by Gasteiger charge is 2.17. The third kappa shape index (κ3) is 4.12. The molecule has 126 valence electrons. The molecule has 0 aliphatic rings. The van der Waals surface area contributed by atoms with E-state index in [0.717, 1.165) is 4.88 Å². The van der Waals surface area contributed by atoms with E-state index in [4.69, 9.17) is 8.83 Å². The highest BCUT2D eigenvalue weighted by atomic mass is 32.1. The van der Waals surface area contributed by atoms with Gasteiger partial charge >= 0.3 is 0 Å². The van der Waals surface area contributed by atoms with Crippen molar-refractivity contribution in [1.82, 2.24) is 10.3 Å². The van der Waals surface area contributed by atoms with Gasteiger partial charge in [0.25, 0.3) is 0 Å². The zero-order valence-corrected chi connectivity index (χ0v) is 14.0. The predicted octanol–water partition coefficient (Wildman–Crippen LogP) is 3.17. The van der Waals surface area contributed by atoms with E-state index in [-0.39, 0.29) is 18.4 Å². The number of amides is 1. The number of aromatic nitrogens is 1. The lowest BCUT2D eigenvalue weighted by Gasteiger charge is -2.16. The van der Waals surface area contributed by atoms with E-state index in [1.54, 1.807) is 12.1 Å². The third-order valence-corrected chi connectivity index (χ3v) is 4.34. The maximum atomic E-state index is 12.1. The molecule has 0 bridgehead atoms. The van der Waals surface area contributed by atoms with Crippen LogP contribution in [-0.2, 0) is 11.2 Å². The van der Waals surface area contributed by atoms with Crippen LogP contribution >= 0.6 is 11.3 Å². The minimum atomic E-state index is -0.743. The molecule has 0 spiro atoms. The van der Waals surface area contributed by atoms with Gasteiger partial charge in [-0.25, -0.2) is 4.98 Å². The van der Waals surface area contributed by atoms with E-state index in [0.29, 0.717) is 23.8 Å². The van der Waals surface area contributed by atoms with E-state index >= 15 is 0 Å². The van der Waals surface area contributed by atoms with Crippen molar-refractivity contribution in [3.8, 4) is 10.8 Å². The molecule has 0 fully saturated rings. The van der Waals surface area contributed by atoms with Gasteiger partial charge in [-0.15, -0.1) is 11.3 Å². The van der Waals surface area contributed by atoms with Gasteiger partial charge in [-0.3, -0.25) is 4.79 Å². The highest BCUT2D eigenvalue weighted by molar-refractivity contribution is 7.13. The first-order chi connectivity index (χ1) is 11.6.